The summed E-state index contributed by atoms with van der Waals surface area (Å²) in [6.45, 7) is 10.3. The Hall–Kier alpha value is -1.75. The molecule has 0 atom stereocenters. The van der Waals surface area contributed by atoms with Crippen LogP contribution < -0.4 is 16.0 Å². The Morgan fingerprint density at radius 2 is 1.90 bits per heavy atom. The fourth-order valence-electron chi connectivity index (χ4n) is 2.62. The number of benzene rings is 1. The zero-order chi connectivity index (χ0) is 14.3. The van der Waals surface area contributed by atoms with Gasteiger partial charge in [-0.1, -0.05) is 20.8 Å². The van der Waals surface area contributed by atoms with E-state index in [1.54, 1.807) is 0 Å². The largest absolute Gasteiger partial charge is 0.417 e. The first-order valence-electron chi connectivity index (χ1n) is 7.08. The number of aromatic nitrogens is 1. The molecule has 1 saturated heterocycles. The van der Waals surface area contributed by atoms with Crippen molar-refractivity contribution in [3.63, 3.8) is 0 Å². The van der Waals surface area contributed by atoms with Crippen LogP contribution in [0.25, 0.3) is 11.1 Å². The van der Waals surface area contributed by atoms with Gasteiger partial charge in [0.25, 0.3) is 0 Å². The fraction of sp³-hybridized carbons (Fsp3) is 0.533. The topological polar surface area (TPSA) is 61.3 Å². The molecular weight excluding hydrogens is 254 g/mol. The molecule has 0 saturated carbocycles. The lowest BCUT2D eigenvalue weighted by Gasteiger charge is -2.30. The Balaban J connectivity index is 2.19. The van der Waals surface area contributed by atoms with Gasteiger partial charge in [-0.25, -0.2) is 4.79 Å². The lowest BCUT2D eigenvalue weighted by Crippen LogP contribution is -2.43. The van der Waals surface area contributed by atoms with Crippen molar-refractivity contribution < 1.29 is 4.42 Å². The summed E-state index contributed by atoms with van der Waals surface area (Å²) in [7, 11) is 0. The number of aromatic amines is 1. The van der Waals surface area contributed by atoms with Crippen molar-refractivity contribution in [2.75, 3.05) is 31.1 Å². The molecule has 5 heteroatoms. The third-order valence-corrected chi connectivity index (χ3v) is 3.82. The molecule has 3 rings (SSSR count). The van der Waals surface area contributed by atoms with E-state index in [-0.39, 0.29) is 11.2 Å². The first kappa shape index (κ1) is 13.2. The van der Waals surface area contributed by atoms with Gasteiger partial charge in [-0.2, -0.15) is 0 Å². The average Bonchev–Trinajstić information content (AvgIpc) is 2.77. The van der Waals surface area contributed by atoms with Crippen LogP contribution in [-0.2, 0) is 5.41 Å². The van der Waals surface area contributed by atoms with Crippen molar-refractivity contribution in [1.29, 1.82) is 0 Å². The third kappa shape index (κ3) is 2.33. The fourth-order valence-corrected chi connectivity index (χ4v) is 2.62. The van der Waals surface area contributed by atoms with Crippen LogP contribution in [0.3, 0.4) is 0 Å². The van der Waals surface area contributed by atoms with Crippen molar-refractivity contribution in [3.05, 3.63) is 28.2 Å². The van der Waals surface area contributed by atoms with E-state index in [1.807, 2.05) is 6.07 Å². The second kappa shape index (κ2) is 4.66. The Morgan fingerprint density at radius 3 is 2.55 bits per heavy atom. The van der Waals surface area contributed by atoms with Crippen LogP contribution in [-0.4, -0.2) is 31.2 Å². The van der Waals surface area contributed by atoms with E-state index in [9.17, 15) is 4.79 Å². The van der Waals surface area contributed by atoms with Crippen LogP contribution >= 0.6 is 0 Å². The van der Waals surface area contributed by atoms with Gasteiger partial charge >= 0.3 is 5.76 Å². The number of anilines is 1. The molecule has 2 N–H and O–H groups in total. The van der Waals surface area contributed by atoms with Gasteiger partial charge in [0, 0.05) is 26.2 Å². The number of oxazole rings is 1. The number of nitrogens with one attached hydrogen (secondary N) is 2. The minimum absolute atomic E-state index is 0.0329. The minimum atomic E-state index is -0.387. The molecule has 2 aromatic rings. The average molecular weight is 275 g/mol. The first-order valence-corrected chi connectivity index (χ1v) is 7.08. The maximum absolute atomic E-state index is 11.5. The maximum atomic E-state index is 11.5. The highest BCUT2D eigenvalue weighted by molar-refractivity contribution is 5.87. The van der Waals surface area contributed by atoms with Gasteiger partial charge in [-0.05, 0) is 23.1 Å². The summed E-state index contributed by atoms with van der Waals surface area (Å²) < 4.78 is 5.35. The predicted molar refractivity (Wildman–Crippen MR) is 80.6 cm³/mol. The molecule has 1 aromatic heterocycles. The van der Waals surface area contributed by atoms with Crippen molar-refractivity contribution in [2.24, 2.45) is 0 Å². The Labute approximate surface area is 118 Å². The Bertz CT molecular complexity index is 672. The van der Waals surface area contributed by atoms with Gasteiger partial charge in [-0.3, -0.25) is 4.98 Å². The highest BCUT2D eigenvalue weighted by atomic mass is 16.4. The van der Waals surface area contributed by atoms with Crippen LogP contribution in [0.1, 0.15) is 26.3 Å². The van der Waals surface area contributed by atoms with E-state index < -0.39 is 0 Å². The molecule has 5 nitrogen and oxygen atoms in total. The van der Waals surface area contributed by atoms with Crippen LogP contribution in [0, 0.1) is 0 Å². The second-order valence-electron chi connectivity index (χ2n) is 6.37. The van der Waals surface area contributed by atoms with Crippen LogP contribution in [0.2, 0.25) is 0 Å². The third-order valence-electron chi connectivity index (χ3n) is 3.82. The van der Waals surface area contributed by atoms with Crippen molar-refractivity contribution in [2.45, 2.75) is 26.2 Å². The Kier molecular flexibility index (Phi) is 3.09. The normalized spacial score (nSPS) is 16.9. The summed E-state index contributed by atoms with van der Waals surface area (Å²) in [5, 5.41) is 3.34. The molecular formula is C15H21N3O2. The number of nitrogens with zero attached hydrogens (tertiary/aromatic N) is 1. The molecule has 0 unspecified atom stereocenters. The summed E-state index contributed by atoms with van der Waals surface area (Å²) >= 11 is 0. The molecule has 0 bridgehead atoms. The molecule has 1 aromatic carbocycles. The van der Waals surface area contributed by atoms with Gasteiger partial charge in [0.05, 0.1) is 11.2 Å². The standard InChI is InChI=1S/C15H21N3O2/c1-15(2,3)10-8-11-13(20-14(19)17-11)12(9-10)18-6-4-16-5-7-18/h8-9,16H,4-7H2,1-3H3,(H,17,19). The smallest absolute Gasteiger partial charge is 0.406 e. The molecule has 0 amide bonds. The molecule has 108 valence electrons. The van der Waals surface area contributed by atoms with Crippen molar-refractivity contribution in [1.82, 2.24) is 10.3 Å². The monoisotopic (exact) mass is 275 g/mol. The minimum Gasteiger partial charge on any atom is -0.406 e. The zero-order valence-electron chi connectivity index (χ0n) is 12.2. The number of hydrogen-bond donors (Lipinski definition) is 2. The molecule has 1 fully saturated rings. The zero-order valence-corrected chi connectivity index (χ0v) is 12.2. The number of rotatable bonds is 1. The van der Waals surface area contributed by atoms with Crippen LogP contribution in [0.15, 0.2) is 21.3 Å². The molecule has 2 heterocycles. The lowest BCUT2D eigenvalue weighted by molar-refractivity contribution is 0.546. The van der Waals surface area contributed by atoms with E-state index in [2.05, 4.69) is 42.0 Å². The van der Waals surface area contributed by atoms with E-state index in [1.165, 1.54) is 5.56 Å². The summed E-state index contributed by atoms with van der Waals surface area (Å²) in [6, 6.07) is 4.18. The predicted octanol–water partition coefficient (Wildman–Crippen LogP) is 1.83. The van der Waals surface area contributed by atoms with E-state index in [0.717, 1.165) is 37.4 Å². The number of fused-ring (bicyclic) bond motifs is 1. The van der Waals surface area contributed by atoms with E-state index in [0.29, 0.717) is 5.58 Å². The van der Waals surface area contributed by atoms with Crippen molar-refractivity contribution >= 4 is 16.8 Å². The number of hydrogen-bond acceptors (Lipinski definition) is 4. The maximum Gasteiger partial charge on any atom is 0.417 e. The van der Waals surface area contributed by atoms with Crippen LogP contribution in [0.4, 0.5) is 5.69 Å². The van der Waals surface area contributed by atoms with Gasteiger partial charge in [0.15, 0.2) is 5.58 Å². The molecule has 0 radical (unpaired) electrons. The second-order valence-corrected chi connectivity index (χ2v) is 6.37. The molecule has 1 aliphatic heterocycles. The quantitative estimate of drug-likeness (QED) is 0.833. The van der Waals surface area contributed by atoms with Gasteiger partial charge in [0.2, 0.25) is 0 Å². The summed E-state index contributed by atoms with van der Waals surface area (Å²) in [5.74, 6) is -0.387. The highest BCUT2D eigenvalue weighted by Gasteiger charge is 2.22. The van der Waals surface area contributed by atoms with Gasteiger partial charge < -0.3 is 14.6 Å². The SMILES string of the molecule is CC(C)(C)c1cc(N2CCNCC2)c2oc(=O)[nH]c2c1. The molecule has 0 aliphatic carbocycles. The highest BCUT2D eigenvalue weighted by Crippen LogP contribution is 2.32. The first-order chi connectivity index (χ1) is 9.45. The molecule has 20 heavy (non-hydrogen) atoms. The van der Waals surface area contributed by atoms with Gasteiger partial charge in [0.1, 0.15) is 0 Å². The number of H-pyrrole nitrogens is 1. The molecule has 0 spiro atoms. The summed E-state index contributed by atoms with van der Waals surface area (Å²) in [6.07, 6.45) is 0. The van der Waals surface area contributed by atoms with E-state index >= 15 is 0 Å². The lowest BCUT2D eigenvalue weighted by atomic mass is 9.86. The summed E-state index contributed by atoms with van der Waals surface area (Å²) in [4.78, 5) is 16.6. The van der Waals surface area contributed by atoms with Gasteiger partial charge in [-0.15, -0.1) is 0 Å². The van der Waals surface area contributed by atoms with Crippen molar-refractivity contribution in [3.8, 4) is 0 Å². The number of piperazine rings is 1. The Morgan fingerprint density at radius 1 is 1.20 bits per heavy atom. The van der Waals surface area contributed by atoms with Crippen LogP contribution in [0.5, 0.6) is 0 Å². The van der Waals surface area contributed by atoms with E-state index in [4.69, 9.17) is 4.42 Å². The summed E-state index contributed by atoms with van der Waals surface area (Å²) in [5.41, 5.74) is 3.72. The molecule has 1 aliphatic rings.